The van der Waals surface area contributed by atoms with Crippen LogP contribution in [0.25, 0.3) is 0 Å². The number of hydrogen-bond acceptors (Lipinski definition) is 4. The second kappa shape index (κ2) is 6.04. The van der Waals surface area contributed by atoms with Crippen LogP contribution in [-0.4, -0.2) is 46.9 Å². The quantitative estimate of drug-likeness (QED) is 0.861. The lowest BCUT2D eigenvalue weighted by molar-refractivity contribution is -0.120. The van der Waals surface area contributed by atoms with Gasteiger partial charge in [-0.15, -0.1) is 0 Å². The zero-order valence-electron chi connectivity index (χ0n) is 11.6. The van der Waals surface area contributed by atoms with Crippen molar-refractivity contribution in [3.8, 4) is 5.75 Å². The Hall–Kier alpha value is -1.59. The van der Waals surface area contributed by atoms with E-state index in [1.165, 1.54) is 0 Å². The molecule has 1 heterocycles. The molecule has 104 valence electrons. The first-order valence-corrected chi connectivity index (χ1v) is 6.34. The molecule has 5 nitrogen and oxygen atoms in total. The summed E-state index contributed by atoms with van der Waals surface area (Å²) in [6, 6.07) is 5.96. The summed E-state index contributed by atoms with van der Waals surface area (Å²) in [5.74, 6) is 0.985. The van der Waals surface area contributed by atoms with E-state index in [4.69, 9.17) is 9.47 Å². The average molecular weight is 264 g/mol. The fourth-order valence-electron chi connectivity index (χ4n) is 2.26. The number of ether oxygens (including phenoxy) is 2. The molecule has 1 amide bonds. The van der Waals surface area contributed by atoms with Crippen molar-refractivity contribution < 1.29 is 14.3 Å². The number of nitrogens with zero attached hydrogens (tertiary/aromatic N) is 1. The molecule has 0 saturated heterocycles. The van der Waals surface area contributed by atoms with E-state index in [2.05, 4.69) is 5.32 Å². The van der Waals surface area contributed by atoms with Crippen LogP contribution in [0.4, 0.5) is 5.69 Å². The van der Waals surface area contributed by atoms with Gasteiger partial charge in [0, 0.05) is 26.6 Å². The molecule has 0 fully saturated rings. The van der Waals surface area contributed by atoms with Crippen LogP contribution >= 0.6 is 0 Å². The third kappa shape index (κ3) is 2.88. The number of nitrogens with one attached hydrogen (secondary N) is 1. The van der Waals surface area contributed by atoms with Gasteiger partial charge in [0.25, 0.3) is 5.91 Å². The van der Waals surface area contributed by atoms with Crippen LogP contribution in [0.2, 0.25) is 0 Å². The van der Waals surface area contributed by atoms with Crippen LogP contribution < -0.4 is 15.0 Å². The molecule has 0 saturated carbocycles. The molecule has 1 aliphatic rings. The number of likely N-dealkylation sites (N-methyl/N-ethyl adjacent to an activating group) is 2. The molecular weight excluding hydrogens is 244 g/mol. The van der Waals surface area contributed by atoms with Gasteiger partial charge in [0.05, 0.1) is 12.3 Å². The molecular formula is C14H20N2O3. The van der Waals surface area contributed by atoms with Gasteiger partial charge in [-0.3, -0.25) is 4.79 Å². The van der Waals surface area contributed by atoms with Crippen molar-refractivity contribution in [3.05, 3.63) is 23.8 Å². The minimum absolute atomic E-state index is 0.0263. The van der Waals surface area contributed by atoms with Gasteiger partial charge in [-0.2, -0.15) is 0 Å². The molecule has 0 aliphatic carbocycles. The molecule has 19 heavy (non-hydrogen) atoms. The zero-order chi connectivity index (χ0) is 13.8. The Bertz CT molecular complexity index is 456. The van der Waals surface area contributed by atoms with Crippen LogP contribution in [0.3, 0.4) is 0 Å². The van der Waals surface area contributed by atoms with E-state index in [1.807, 2.05) is 25.2 Å². The molecule has 1 unspecified atom stereocenters. The Morgan fingerprint density at radius 1 is 1.53 bits per heavy atom. The maximum absolute atomic E-state index is 11.7. The summed E-state index contributed by atoms with van der Waals surface area (Å²) >= 11 is 0. The van der Waals surface area contributed by atoms with Crippen molar-refractivity contribution in [1.29, 1.82) is 0 Å². The topological polar surface area (TPSA) is 50.8 Å². The van der Waals surface area contributed by atoms with Gasteiger partial charge >= 0.3 is 0 Å². The Morgan fingerprint density at radius 3 is 3.00 bits per heavy atom. The minimum atomic E-state index is -0.0263. The first-order valence-electron chi connectivity index (χ1n) is 6.34. The number of benzene rings is 1. The highest BCUT2D eigenvalue weighted by Gasteiger charge is 2.23. The van der Waals surface area contributed by atoms with E-state index < -0.39 is 0 Å². The Morgan fingerprint density at radius 2 is 2.32 bits per heavy atom. The Balaban J connectivity index is 2.30. The molecule has 0 bridgehead atoms. The molecule has 1 atom stereocenters. The lowest BCUT2D eigenvalue weighted by Gasteiger charge is -2.27. The summed E-state index contributed by atoms with van der Waals surface area (Å²) < 4.78 is 10.7. The van der Waals surface area contributed by atoms with E-state index in [0.29, 0.717) is 6.61 Å². The average Bonchev–Trinajstić information content (AvgIpc) is 2.42. The van der Waals surface area contributed by atoms with E-state index in [0.717, 1.165) is 23.5 Å². The number of methoxy groups -OCH3 is 1. The monoisotopic (exact) mass is 264 g/mol. The summed E-state index contributed by atoms with van der Waals surface area (Å²) in [7, 11) is 5.39. The number of anilines is 1. The molecule has 5 heteroatoms. The van der Waals surface area contributed by atoms with Crippen molar-refractivity contribution in [1.82, 2.24) is 5.32 Å². The second-order valence-electron chi connectivity index (χ2n) is 4.68. The number of carbonyl (C=O) groups is 1. The van der Waals surface area contributed by atoms with Gasteiger partial charge in [0.15, 0.2) is 6.61 Å². The van der Waals surface area contributed by atoms with Crippen molar-refractivity contribution in [2.24, 2.45) is 0 Å². The summed E-state index contributed by atoms with van der Waals surface area (Å²) in [6.07, 6.45) is 0. The van der Waals surface area contributed by atoms with Gasteiger partial charge in [-0.05, 0) is 24.7 Å². The summed E-state index contributed by atoms with van der Waals surface area (Å²) in [4.78, 5) is 13.3. The molecule has 0 spiro atoms. The van der Waals surface area contributed by atoms with Crippen LogP contribution in [0.15, 0.2) is 18.2 Å². The predicted octanol–water partition coefficient (Wildman–Crippen LogP) is 0.991. The number of fused-ring (bicyclic) bond motifs is 1. The van der Waals surface area contributed by atoms with Crippen LogP contribution in [-0.2, 0) is 9.53 Å². The fourth-order valence-corrected chi connectivity index (χ4v) is 2.26. The third-order valence-electron chi connectivity index (χ3n) is 3.36. The number of hydrogen-bond donors (Lipinski definition) is 1. The summed E-state index contributed by atoms with van der Waals surface area (Å²) in [5.41, 5.74) is 1.96. The zero-order valence-corrected chi connectivity index (χ0v) is 11.6. The minimum Gasteiger partial charge on any atom is -0.482 e. The lowest BCUT2D eigenvalue weighted by Crippen LogP contribution is -2.35. The molecule has 1 aromatic rings. The fraction of sp³-hybridized carbons (Fsp3) is 0.500. The molecule has 0 radical (unpaired) electrons. The normalized spacial score (nSPS) is 15.9. The molecule has 0 aromatic heterocycles. The predicted molar refractivity (Wildman–Crippen MR) is 73.9 cm³/mol. The highest BCUT2D eigenvalue weighted by atomic mass is 16.5. The second-order valence-corrected chi connectivity index (χ2v) is 4.68. The summed E-state index contributed by atoms with van der Waals surface area (Å²) in [5, 5.41) is 3.16. The molecule has 1 aliphatic heterocycles. The van der Waals surface area contributed by atoms with Crippen LogP contribution in [0.1, 0.15) is 11.5 Å². The van der Waals surface area contributed by atoms with Gasteiger partial charge in [-0.1, -0.05) is 6.07 Å². The van der Waals surface area contributed by atoms with Crippen LogP contribution in [0.5, 0.6) is 5.75 Å². The van der Waals surface area contributed by atoms with Gasteiger partial charge in [-0.25, -0.2) is 0 Å². The van der Waals surface area contributed by atoms with E-state index >= 15 is 0 Å². The number of rotatable bonds is 5. The third-order valence-corrected chi connectivity index (χ3v) is 3.36. The first kappa shape index (κ1) is 13.8. The van der Waals surface area contributed by atoms with Crippen molar-refractivity contribution in [2.75, 3.05) is 45.9 Å². The van der Waals surface area contributed by atoms with E-state index in [1.54, 1.807) is 19.1 Å². The van der Waals surface area contributed by atoms with Crippen LogP contribution in [0, 0.1) is 0 Å². The van der Waals surface area contributed by atoms with E-state index in [9.17, 15) is 4.79 Å². The SMILES string of the molecule is CNCC(COC)c1ccc2c(c1)N(C)C(=O)CO2. The highest BCUT2D eigenvalue weighted by molar-refractivity contribution is 5.97. The lowest BCUT2D eigenvalue weighted by atomic mass is 9.98. The molecule has 1 N–H and O–H groups in total. The largest absolute Gasteiger partial charge is 0.482 e. The Kier molecular flexibility index (Phi) is 4.39. The smallest absolute Gasteiger partial charge is 0.264 e. The maximum Gasteiger partial charge on any atom is 0.264 e. The van der Waals surface area contributed by atoms with Gasteiger partial charge in [0.1, 0.15) is 5.75 Å². The van der Waals surface area contributed by atoms with Gasteiger partial charge < -0.3 is 19.7 Å². The van der Waals surface area contributed by atoms with Crippen molar-refractivity contribution in [2.45, 2.75) is 5.92 Å². The summed E-state index contributed by atoms with van der Waals surface area (Å²) in [6.45, 7) is 1.57. The maximum atomic E-state index is 11.7. The van der Waals surface area contributed by atoms with E-state index in [-0.39, 0.29) is 18.4 Å². The highest BCUT2D eigenvalue weighted by Crippen LogP contribution is 2.34. The number of carbonyl (C=O) groups excluding carboxylic acids is 1. The van der Waals surface area contributed by atoms with Crippen molar-refractivity contribution in [3.63, 3.8) is 0 Å². The first-order chi connectivity index (χ1) is 9.17. The standard InChI is InChI=1S/C14H20N2O3/c1-15-7-11(8-18-3)10-4-5-13-12(6-10)16(2)14(17)9-19-13/h4-6,11,15H,7-9H2,1-3H3. The number of amides is 1. The Labute approximate surface area is 113 Å². The molecule has 2 rings (SSSR count). The molecule has 1 aromatic carbocycles. The van der Waals surface area contributed by atoms with Gasteiger partial charge in [0.2, 0.25) is 0 Å². The van der Waals surface area contributed by atoms with Crippen molar-refractivity contribution >= 4 is 11.6 Å².